The van der Waals surface area contributed by atoms with E-state index < -0.39 is 5.97 Å². The molecule has 1 aromatic rings. The van der Waals surface area contributed by atoms with Crippen molar-refractivity contribution in [1.82, 2.24) is 4.98 Å². The number of hydrogen-bond donors (Lipinski definition) is 1. The number of rotatable bonds is 8. The van der Waals surface area contributed by atoms with Crippen LogP contribution in [0.15, 0.2) is 0 Å². The van der Waals surface area contributed by atoms with Crippen LogP contribution >= 0.6 is 11.3 Å². The van der Waals surface area contributed by atoms with Gasteiger partial charge >= 0.3 is 5.97 Å². The van der Waals surface area contributed by atoms with Gasteiger partial charge in [0.2, 0.25) is 0 Å². The second-order valence-corrected chi connectivity index (χ2v) is 4.75. The van der Waals surface area contributed by atoms with E-state index in [-0.39, 0.29) is 18.1 Å². The molecule has 0 atom stereocenters. The number of ether oxygens (including phenoxy) is 2. The van der Waals surface area contributed by atoms with Gasteiger partial charge in [0.05, 0.1) is 6.61 Å². The van der Waals surface area contributed by atoms with Crippen molar-refractivity contribution in [3.63, 3.8) is 0 Å². The van der Waals surface area contributed by atoms with E-state index in [1.54, 1.807) is 14.0 Å². The minimum absolute atomic E-state index is 0.0913. The second-order valence-electron chi connectivity index (χ2n) is 3.75. The number of aromatic nitrogens is 1. The van der Waals surface area contributed by atoms with Crippen LogP contribution in [0.2, 0.25) is 0 Å². The number of anilines is 1. The Kier molecular flexibility index (Phi) is 6.44. The van der Waals surface area contributed by atoms with Gasteiger partial charge in [-0.15, -0.1) is 0 Å². The van der Waals surface area contributed by atoms with Gasteiger partial charge in [-0.1, -0.05) is 11.3 Å². The number of esters is 1. The normalized spacial score (nSPS) is 10.3. The molecule has 1 N–H and O–H groups in total. The molecule has 1 aromatic heterocycles. The van der Waals surface area contributed by atoms with E-state index in [1.807, 2.05) is 0 Å². The molecule has 7 heteroatoms. The first-order chi connectivity index (χ1) is 9.10. The standard InChI is InChI=1S/C12H18N2O4S/c1-4-18-11(16)9-10(8(2)15)19-12(14-9)13-6-5-7-17-3/h4-7H2,1-3H3,(H,13,14). The van der Waals surface area contributed by atoms with Crippen molar-refractivity contribution in [2.24, 2.45) is 0 Å². The molecular weight excluding hydrogens is 268 g/mol. The Morgan fingerprint density at radius 2 is 2.16 bits per heavy atom. The summed E-state index contributed by atoms with van der Waals surface area (Å²) in [5.74, 6) is -0.751. The van der Waals surface area contributed by atoms with Gasteiger partial charge in [-0.3, -0.25) is 4.79 Å². The third-order valence-corrected chi connectivity index (χ3v) is 3.33. The maximum atomic E-state index is 11.7. The number of hydrogen-bond acceptors (Lipinski definition) is 7. The molecule has 106 valence electrons. The van der Waals surface area contributed by atoms with E-state index in [0.29, 0.717) is 23.2 Å². The average Bonchev–Trinajstić information content (AvgIpc) is 2.79. The zero-order chi connectivity index (χ0) is 14.3. The minimum atomic E-state index is -0.561. The van der Waals surface area contributed by atoms with Crippen LogP contribution in [-0.2, 0) is 9.47 Å². The van der Waals surface area contributed by atoms with Crippen LogP contribution in [0.5, 0.6) is 0 Å². The van der Waals surface area contributed by atoms with Crippen molar-refractivity contribution < 1.29 is 19.1 Å². The number of carbonyl (C=O) groups excluding carboxylic acids is 2. The number of thiazole rings is 1. The highest BCUT2D eigenvalue weighted by Crippen LogP contribution is 2.24. The monoisotopic (exact) mass is 286 g/mol. The third kappa shape index (κ3) is 4.60. The van der Waals surface area contributed by atoms with Crippen molar-refractivity contribution in [3.05, 3.63) is 10.6 Å². The first-order valence-corrected chi connectivity index (χ1v) is 6.83. The fourth-order valence-corrected chi connectivity index (χ4v) is 2.26. The van der Waals surface area contributed by atoms with Crippen molar-refractivity contribution in [2.75, 3.05) is 32.2 Å². The Hall–Kier alpha value is -1.47. The van der Waals surface area contributed by atoms with E-state index in [4.69, 9.17) is 9.47 Å². The molecule has 0 saturated heterocycles. The van der Waals surface area contributed by atoms with E-state index in [1.165, 1.54) is 18.3 Å². The molecule has 0 bridgehead atoms. The van der Waals surface area contributed by atoms with E-state index in [0.717, 1.165) is 6.42 Å². The van der Waals surface area contributed by atoms with Gasteiger partial charge in [-0.25, -0.2) is 9.78 Å². The fraction of sp³-hybridized carbons (Fsp3) is 0.583. The topological polar surface area (TPSA) is 77.5 Å². The van der Waals surface area contributed by atoms with E-state index in [2.05, 4.69) is 10.3 Å². The summed E-state index contributed by atoms with van der Waals surface area (Å²) in [5, 5.41) is 3.61. The molecule has 0 fully saturated rings. The summed E-state index contributed by atoms with van der Waals surface area (Å²) in [6.45, 7) is 4.68. The van der Waals surface area contributed by atoms with Crippen LogP contribution in [0.25, 0.3) is 0 Å². The molecule has 0 amide bonds. The van der Waals surface area contributed by atoms with E-state index >= 15 is 0 Å². The molecule has 0 saturated carbocycles. The summed E-state index contributed by atoms with van der Waals surface area (Å²) in [6.07, 6.45) is 0.820. The molecular formula is C12H18N2O4S. The predicted molar refractivity (Wildman–Crippen MR) is 73.1 cm³/mol. The van der Waals surface area contributed by atoms with Gasteiger partial charge in [0.1, 0.15) is 4.88 Å². The van der Waals surface area contributed by atoms with Gasteiger partial charge in [0.15, 0.2) is 16.6 Å². The highest BCUT2D eigenvalue weighted by molar-refractivity contribution is 7.17. The van der Waals surface area contributed by atoms with Crippen LogP contribution in [-0.4, -0.2) is 43.6 Å². The van der Waals surface area contributed by atoms with E-state index in [9.17, 15) is 9.59 Å². The highest BCUT2D eigenvalue weighted by Gasteiger charge is 2.21. The molecule has 19 heavy (non-hydrogen) atoms. The number of nitrogens with one attached hydrogen (secondary N) is 1. The van der Waals surface area contributed by atoms with Crippen LogP contribution in [0, 0.1) is 0 Å². The number of ketones is 1. The van der Waals surface area contributed by atoms with Gasteiger partial charge in [0, 0.05) is 27.2 Å². The van der Waals surface area contributed by atoms with Gasteiger partial charge in [0.25, 0.3) is 0 Å². The lowest BCUT2D eigenvalue weighted by atomic mass is 10.3. The summed E-state index contributed by atoms with van der Waals surface area (Å²) < 4.78 is 9.81. The van der Waals surface area contributed by atoms with Gasteiger partial charge in [-0.05, 0) is 13.3 Å². The zero-order valence-electron chi connectivity index (χ0n) is 11.3. The number of nitrogens with zero attached hydrogens (tertiary/aromatic N) is 1. The molecule has 1 heterocycles. The SMILES string of the molecule is CCOC(=O)c1nc(NCCCOC)sc1C(C)=O. The molecule has 1 rings (SSSR count). The number of Topliss-reactive ketones (excluding diaryl/α,β-unsaturated/α-hetero) is 1. The quantitative estimate of drug-likeness (QED) is 0.447. The zero-order valence-corrected chi connectivity index (χ0v) is 12.1. The van der Waals surface area contributed by atoms with Crippen molar-refractivity contribution in [2.45, 2.75) is 20.3 Å². The summed E-state index contributed by atoms with van der Waals surface area (Å²) in [6, 6.07) is 0. The summed E-state index contributed by atoms with van der Waals surface area (Å²) in [4.78, 5) is 27.6. The largest absolute Gasteiger partial charge is 0.461 e. The lowest BCUT2D eigenvalue weighted by molar-refractivity contribution is 0.0517. The van der Waals surface area contributed by atoms with Crippen molar-refractivity contribution >= 4 is 28.2 Å². The molecule has 0 radical (unpaired) electrons. The summed E-state index contributed by atoms with van der Waals surface area (Å²) in [7, 11) is 1.64. The minimum Gasteiger partial charge on any atom is -0.461 e. The van der Waals surface area contributed by atoms with Gasteiger partial charge in [-0.2, -0.15) is 0 Å². The predicted octanol–water partition coefficient (Wildman–Crippen LogP) is 1.97. The second kappa shape index (κ2) is 7.85. The van der Waals surface area contributed by atoms with Crippen molar-refractivity contribution in [1.29, 1.82) is 0 Å². The number of methoxy groups -OCH3 is 1. The average molecular weight is 286 g/mol. The maximum absolute atomic E-state index is 11.7. The first kappa shape index (κ1) is 15.6. The maximum Gasteiger partial charge on any atom is 0.358 e. The smallest absolute Gasteiger partial charge is 0.358 e. The Balaban J connectivity index is 2.76. The molecule has 0 aliphatic heterocycles. The molecule has 0 aliphatic carbocycles. The van der Waals surface area contributed by atoms with Crippen LogP contribution in [0.4, 0.5) is 5.13 Å². The molecule has 0 unspecified atom stereocenters. The molecule has 0 spiro atoms. The molecule has 0 aliphatic rings. The van der Waals surface area contributed by atoms with Crippen LogP contribution in [0.1, 0.15) is 40.4 Å². The Bertz CT molecular complexity index is 445. The lowest BCUT2D eigenvalue weighted by Gasteiger charge is -2.01. The van der Waals surface area contributed by atoms with Crippen LogP contribution in [0.3, 0.4) is 0 Å². The number of carbonyl (C=O) groups is 2. The first-order valence-electron chi connectivity index (χ1n) is 6.01. The Morgan fingerprint density at radius 3 is 2.74 bits per heavy atom. The van der Waals surface area contributed by atoms with Gasteiger partial charge < -0.3 is 14.8 Å². The summed E-state index contributed by atoms with van der Waals surface area (Å²) in [5.41, 5.74) is 0.0913. The van der Waals surface area contributed by atoms with Crippen LogP contribution < -0.4 is 5.32 Å². The highest BCUT2D eigenvalue weighted by atomic mass is 32.1. The van der Waals surface area contributed by atoms with Crippen molar-refractivity contribution in [3.8, 4) is 0 Å². The summed E-state index contributed by atoms with van der Waals surface area (Å²) >= 11 is 1.17. The third-order valence-electron chi connectivity index (χ3n) is 2.22. The fourth-order valence-electron chi connectivity index (χ4n) is 1.38. The molecule has 6 nitrogen and oxygen atoms in total. The lowest BCUT2D eigenvalue weighted by Crippen LogP contribution is -2.10. The Morgan fingerprint density at radius 1 is 1.42 bits per heavy atom. The molecule has 0 aromatic carbocycles. The Labute approximate surface area is 116 Å².